The van der Waals surface area contributed by atoms with E-state index in [2.05, 4.69) is 15.0 Å². The minimum atomic E-state index is -4.64. The van der Waals surface area contributed by atoms with Gasteiger partial charge in [-0.2, -0.15) is 13.2 Å². The molecule has 4 aromatic rings. The molecule has 0 spiro atoms. The molecule has 1 aliphatic carbocycles. The average molecular weight is 417 g/mol. The number of aromatic amines is 2. The Morgan fingerprint density at radius 3 is 2.59 bits per heavy atom. The Kier molecular flexibility index (Phi) is 3.92. The first kappa shape index (κ1) is 18.1. The van der Waals surface area contributed by atoms with Gasteiger partial charge < -0.3 is 4.98 Å². The van der Waals surface area contributed by atoms with E-state index < -0.39 is 23.0 Å². The number of fused-ring (bicyclic) bond motifs is 4. The summed E-state index contributed by atoms with van der Waals surface area (Å²) in [5.41, 5.74) is -0.858. The van der Waals surface area contributed by atoms with Gasteiger partial charge in [-0.05, 0) is 36.3 Å². The highest BCUT2D eigenvalue weighted by Crippen LogP contribution is 2.46. The second-order valence-electron chi connectivity index (χ2n) is 7.15. The number of thiophene rings is 1. The molecule has 0 radical (unpaired) electrons. The summed E-state index contributed by atoms with van der Waals surface area (Å²) in [4.78, 5) is 32.9. The van der Waals surface area contributed by atoms with Crippen LogP contribution < -0.4 is 11.2 Å². The lowest BCUT2D eigenvalue weighted by Crippen LogP contribution is -2.22. The summed E-state index contributed by atoms with van der Waals surface area (Å²) in [6.07, 6.45) is -3.30. The third-order valence-corrected chi connectivity index (χ3v) is 6.52. The normalized spacial score (nSPS) is 17.0. The number of alkyl halides is 3. The van der Waals surface area contributed by atoms with Crippen LogP contribution in [0, 0.1) is 0 Å². The van der Waals surface area contributed by atoms with Crippen molar-refractivity contribution in [1.29, 1.82) is 0 Å². The molecule has 3 heterocycles. The Balaban J connectivity index is 1.83. The maximum absolute atomic E-state index is 14.2. The third-order valence-electron chi connectivity index (χ3n) is 5.43. The number of hydrogen-bond acceptors (Lipinski definition) is 4. The number of nitrogens with one attached hydrogen (secondary N) is 2. The Morgan fingerprint density at radius 1 is 1.10 bits per heavy atom. The van der Waals surface area contributed by atoms with E-state index >= 15 is 0 Å². The molecule has 0 saturated heterocycles. The molecule has 0 fully saturated rings. The molecule has 9 heteroatoms. The predicted molar refractivity (Wildman–Crippen MR) is 105 cm³/mol. The van der Waals surface area contributed by atoms with Crippen LogP contribution in [0.15, 0.2) is 39.9 Å². The Hall–Kier alpha value is -2.94. The van der Waals surface area contributed by atoms with E-state index in [0.29, 0.717) is 18.5 Å². The van der Waals surface area contributed by atoms with Crippen LogP contribution in [0.4, 0.5) is 13.2 Å². The lowest BCUT2D eigenvalue weighted by molar-refractivity contribution is -0.137. The van der Waals surface area contributed by atoms with Crippen molar-refractivity contribution in [3.63, 3.8) is 0 Å². The van der Waals surface area contributed by atoms with Gasteiger partial charge in [-0.25, -0.2) is 9.78 Å². The van der Waals surface area contributed by atoms with E-state index in [4.69, 9.17) is 0 Å². The number of nitrogens with zero attached hydrogens (tertiary/aromatic N) is 1. The number of hydrogen-bond donors (Lipinski definition) is 2. The number of benzene rings is 1. The SMILES string of the molecule is O=c1[nH]c(=O)c2sc3nc4c(c(C(F)(F)F)c3c2[nH]1)CC(c1ccccc1)CC4. The highest BCUT2D eigenvalue weighted by molar-refractivity contribution is 7.25. The van der Waals surface area contributed by atoms with Gasteiger partial charge in [0.1, 0.15) is 9.53 Å². The molecule has 0 amide bonds. The van der Waals surface area contributed by atoms with E-state index in [9.17, 15) is 22.8 Å². The van der Waals surface area contributed by atoms with Crippen molar-refractivity contribution in [2.75, 3.05) is 0 Å². The quantitative estimate of drug-likeness (QED) is 0.489. The van der Waals surface area contributed by atoms with Crippen molar-refractivity contribution in [1.82, 2.24) is 15.0 Å². The van der Waals surface area contributed by atoms with Gasteiger partial charge in [-0.3, -0.25) is 9.78 Å². The van der Waals surface area contributed by atoms with Crippen LogP contribution in [0.3, 0.4) is 0 Å². The highest BCUT2D eigenvalue weighted by atomic mass is 32.1. The van der Waals surface area contributed by atoms with Crippen LogP contribution >= 0.6 is 11.3 Å². The van der Waals surface area contributed by atoms with Gasteiger partial charge in [-0.1, -0.05) is 30.3 Å². The lowest BCUT2D eigenvalue weighted by atomic mass is 9.80. The number of aromatic nitrogens is 3. The van der Waals surface area contributed by atoms with E-state index in [1.165, 1.54) is 0 Å². The molecular formula is C20H14F3N3O2S. The van der Waals surface area contributed by atoms with Crippen molar-refractivity contribution < 1.29 is 13.2 Å². The number of rotatable bonds is 1. The van der Waals surface area contributed by atoms with Gasteiger partial charge in [0.2, 0.25) is 0 Å². The predicted octanol–water partition coefficient (Wildman–Crippen LogP) is 4.12. The Bertz CT molecular complexity index is 1370. The zero-order chi connectivity index (χ0) is 20.3. The zero-order valence-corrected chi connectivity index (χ0v) is 15.7. The first-order valence-electron chi connectivity index (χ1n) is 9.05. The smallest absolute Gasteiger partial charge is 0.305 e. The van der Waals surface area contributed by atoms with Crippen LogP contribution in [-0.2, 0) is 19.0 Å². The zero-order valence-electron chi connectivity index (χ0n) is 14.9. The Morgan fingerprint density at radius 2 is 1.86 bits per heavy atom. The summed E-state index contributed by atoms with van der Waals surface area (Å²) in [6.45, 7) is 0. The number of aryl methyl sites for hydroxylation is 1. The van der Waals surface area contributed by atoms with Gasteiger partial charge in [0, 0.05) is 11.1 Å². The van der Waals surface area contributed by atoms with Crippen LogP contribution in [0.5, 0.6) is 0 Å². The van der Waals surface area contributed by atoms with Crippen molar-refractivity contribution in [3.05, 3.63) is 73.6 Å². The molecule has 1 aliphatic rings. The minimum Gasteiger partial charge on any atom is -0.305 e. The summed E-state index contributed by atoms with van der Waals surface area (Å²) in [5.74, 6) is -0.0450. The fraction of sp³-hybridized carbons (Fsp3) is 0.250. The Labute approximate surface area is 165 Å². The molecule has 0 aliphatic heterocycles. The molecule has 5 rings (SSSR count). The second kappa shape index (κ2) is 6.28. The summed E-state index contributed by atoms with van der Waals surface area (Å²) in [6, 6.07) is 9.47. The molecule has 148 valence electrons. The summed E-state index contributed by atoms with van der Waals surface area (Å²) < 4.78 is 42.8. The molecule has 1 atom stereocenters. The van der Waals surface area contributed by atoms with Crippen molar-refractivity contribution in [2.45, 2.75) is 31.4 Å². The molecule has 2 N–H and O–H groups in total. The van der Waals surface area contributed by atoms with Gasteiger partial charge in [0.05, 0.1) is 11.1 Å². The number of pyridine rings is 1. The fourth-order valence-electron chi connectivity index (χ4n) is 4.21. The molecule has 3 aromatic heterocycles. The molecule has 1 unspecified atom stereocenters. The van der Waals surface area contributed by atoms with Crippen molar-refractivity contribution >= 4 is 31.8 Å². The van der Waals surface area contributed by atoms with Crippen LogP contribution in [0.1, 0.15) is 34.7 Å². The molecular weight excluding hydrogens is 403 g/mol. The number of H-pyrrole nitrogens is 2. The van der Waals surface area contributed by atoms with Crippen LogP contribution in [0.25, 0.3) is 20.4 Å². The molecule has 1 aromatic carbocycles. The topological polar surface area (TPSA) is 78.6 Å². The third kappa shape index (κ3) is 2.88. The summed E-state index contributed by atoms with van der Waals surface area (Å²) >= 11 is 0.872. The molecule has 0 bridgehead atoms. The van der Waals surface area contributed by atoms with Gasteiger partial charge in [0.15, 0.2) is 0 Å². The van der Waals surface area contributed by atoms with E-state index in [1.54, 1.807) is 0 Å². The minimum absolute atomic E-state index is 0.0413. The average Bonchev–Trinajstić information content (AvgIpc) is 3.03. The molecule has 29 heavy (non-hydrogen) atoms. The fourth-order valence-corrected chi connectivity index (χ4v) is 5.26. The monoisotopic (exact) mass is 417 g/mol. The van der Waals surface area contributed by atoms with Crippen LogP contribution in [0.2, 0.25) is 0 Å². The summed E-state index contributed by atoms with van der Waals surface area (Å²) in [7, 11) is 0. The van der Waals surface area contributed by atoms with Crippen molar-refractivity contribution in [2.24, 2.45) is 0 Å². The van der Waals surface area contributed by atoms with Gasteiger partial charge in [-0.15, -0.1) is 11.3 Å². The second-order valence-corrected chi connectivity index (χ2v) is 8.15. The molecule has 0 saturated carbocycles. The van der Waals surface area contributed by atoms with E-state index in [1.807, 2.05) is 30.3 Å². The summed E-state index contributed by atoms with van der Waals surface area (Å²) in [5, 5.41) is -0.187. The maximum Gasteiger partial charge on any atom is 0.417 e. The van der Waals surface area contributed by atoms with Gasteiger partial charge in [0.25, 0.3) is 5.56 Å². The van der Waals surface area contributed by atoms with Crippen molar-refractivity contribution in [3.8, 4) is 0 Å². The molecule has 5 nitrogen and oxygen atoms in total. The van der Waals surface area contributed by atoms with Crippen LogP contribution in [-0.4, -0.2) is 15.0 Å². The first-order chi connectivity index (χ1) is 13.8. The standard InChI is InChI=1S/C20H14F3N3O2S/c21-20(22,23)14-11-8-10(9-4-2-1-3-5-9)6-7-12(11)24-18-13(14)15-16(29-18)17(27)26-19(28)25-15/h1-5,10H,6-8H2,(H2,25,26,27,28). The number of halogens is 3. The van der Waals surface area contributed by atoms with E-state index in [0.717, 1.165) is 16.9 Å². The highest BCUT2D eigenvalue weighted by Gasteiger charge is 2.40. The maximum atomic E-state index is 14.2. The van der Waals surface area contributed by atoms with E-state index in [-0.39, 0.29) is 38.3 Å². The first-order valence-corrected chi connectivity index (χ1v) is 9.87. The van der Waals surface area contributed by atoms with Gasteiger partial charge >= 0.3 is 11.9 Å². The lowest BCUT2D eigenvalue weighted by Gasteiger charge is -2.27. The largest absolute Gasteiger partial charge is 0.417 e.